The zero-order valence-corrected chi connectivity index (χ0v) is 11.7. The van der Waals surface area contributed by atoms with Gasteiger partial charge in [0.05, 0.1) is 13.3 Å². The van der Waals surface area contributed by atoms with Crippen molar-refractivity contribution in [1.82, 2.24) is 0 Å². The summed E-state index contributed by atoms with van der Waals surface area (Å²) in [6, 6.07) is 0. The lowest BCUT2D eigenvalue weighted by Gasteiger charge is -2.22. The second-order valence-corrected chi connectivity index (χ2v) is 10.4. The number of rotatable bonds is 5. The molecule has 7 heteroatoms. The highest BCUT2D eigenvalue weighted by atomic mass is 31.2. The molecular weight excluding hydrogens is 235 g/mol. The van der Waals surface area contributed by atoms with E-state index in [-0.39, 0.29) is 12.1 Å². The predicted octanol–water partition coefficient (Wildman–Crippen LogP) is 1.89. The highest BCUT2D eigenvalue weighted by molar-refractivity contribution is 7.52. The first-order valence-corrected chi connectivity index (χ1v) is 9.73. The molecule has 0 aromatic carbocycles. The average molecular weight is 254 g/mol. The van der Waals surface area contributed by atoms with E-state index in [1.807, 2.05) is 19.6 Å². The highest BCUT2D eigenvalue weighted by Crippen LogP contribution is 2.37. The molecule has 0 saturated carbocycles. The van der Waals surface area contributed by atoms with Crippen LogP contribution in [0.3, 0.4) is 0 Å². The summed E-state index contributed by atoms with van der Waals surface area (Å²) in [6.07, 6.45) is -0.333. The Morgan fingerprint density at radius 2 is 1.80 bits per heavy atom. The van der Waals surface area contributed by atoms with Crippen molar-refractivity contribution in [3.8, 4) is 0 Å². The minimum Gasteiger partial charge on any atom is -0.520 e. The van der Waals surface area contributed by atoms with E-state index in [0.717, 1.165) is 0 Å². The van der Waals surface area contributed by atoms with Crippen LogP contribution in [0, 0.1) is 0 Å². The first-order chi connectivity index (χ1) is 6.55. The van der Waals surface area contributed by atoms with Crippen molar-refractivity contribution < 1.29 is 23.5 Å². The number of allylic oxidation sites excluding steroid dienone is 1. The van der Waals surface area contributed by atoms with Crippen LogP contribution in [0.15, 0.2) is 11.5 Å². The van der Waals surface area contributed by atoms with Gasteiger partial charge in [0.1, 0.15) is 0 Å². The lowest BCUT2D eigenvalue weighted by atomic mass is 10.4. The number of hydrogen-bond acceptors (Lipinski definition) is 3. The Hall–Kier alpha value is -0.293. The van der Waals surface area contributed by atoms with Gasteiger partial charge in [-0.3, -0.25) is 4.57 Å². The molecule has 0 spiro atoms. The molecule has 0 bridgehead atoms. The molecule has 0 radical (unpaired) electrons. The Kier molecular flexibility index (Phi) is 5.06. The summed E-state index contributed by atoms with van der Waals surface area (Å²) in [5.41, 5.74) is 0.438. The maximum atomic E-state index is 10.8. The van der Waals surface area contributed by atoms with E-state index >= 15 is 0 Å². The second-order valence-electron chi connectivity index (χ2n) is 4.31. The molecule has 2 N–H and O–H groups in total. The third-order valence-corrected chi connectivity index (χ3v) is 3.06. The quantitative estimate of drug-likeness (QED) is 0.445. The van der Waals surface area contributed by atoms with Gasteiger partial charge in [-0.05, 0) is 26.6 Å². The van der Waals surface area contributed by atoms with E-state index in [9.17, 15) is 4.57 Å². The number of ether oxygens (including phenoxy) is 1. The SMILES string of the molecule is CO/C(O[Si](C)(C)C)=C(\C)CP(=O)(O)O. The first kappa shape index (κ1) is 14.7. The van der Waals surface area contributed by atoms with Gasteiger partial charge >= 0.3 is 7.60 Å². The molecule has 0 atom stereocenters. The smallest absolute Gasteiger partial charge is 0.329 e. The van der Waals surface area contributed by atoms with Crippen molar-refractivity contribution in [2.45, 2.75) is 26.6 Å². The van der Waals surface area contributed by atoms with Crippen molar-refractivity contribution in [2.24, 2.45) is 0 Å². The first-order valence-electron chi connectivity index (χ1n) is 4.52. The van der Waals surface area contributed by atoms with Gasteiger partial charge in [-0.1, -0.05) is 0 Å². The molecule has 0 aliphatic carbocycles. The summed E-state index contributed by atoms with van der Waals surface area (Å²) in [5, 5.41) is 0. The van der Waals surface area contributed by atoms with E-state index in [2.05, 4.69) is 0 Å². The van der Waals surface area contributed by atoms with Crippen LogP contribution in [0.5, 0.6) is 0 Å². The van der Waals surface area contributed by atoms with Crippen molar-refractivity contribution in [1.29, 1.82) is 0 Å². The van der Waals surface area contributed by atoms with Crippen LogP contribution in [-0.2, 0) is 13.7 Å². The van der Waals surface area contributed by atoms with E-state index in [1.165, 1.54) is 7.11 Å². The molecule has 15 heavy (non-hydrogen) atoms. The fourth-order valence-corrected chi connectivity index (χ4v) is 2.52. The standard InChI is InChI=1S/C8H19O5PSi/c1-7(6-14(9,10)11)8(12-2)13-15(3,4)5/h6H2,1-5H3,(H2,9,10,11)/b8-7-. The van der Waals surface area contributed by atoms with Crippen LogP contribution in [-0.4, -0.2) is 31.4 Å². The molecule has 0 rings (SSSR count). The van der Waals surface area contributed by atoms with E-state index in [1.54, 1.807) is 6.92 Å². The lowest BCUT2D eigenvalue weighted by Crippen LogP contribution is -2.26. The highest BCUT2D eigenvalue weighted by Gasteiger charge is 2.22. The van der Waals surface area contributed by atoms with Gasteiger partial charge < -0.3 is 18.9 Å². The van der Waals surface area contributed by atoms with Gasteiger partial charge in [-0.2, -0.15) is 0 Å². The van der Waals surface area contributed by atoms with Gasteiger partial charge in [-0.15, -0.1) is 0 Å². The number of methoxy groups -OCH3 is 1. The van der Waals surface area contributed by atoms with Crippen LogP contribution in [0.1, 0.15) is 6.92 Å². The maximum absolute atomic E-state index is 10.8. The third kappa shape index (κ3) is 7.61. The Bertz CT molecular complexity index is 288. The molecule has 0 unspecified atom stereocenters. The molecule has 0 aliphatic heterocycles. The molecule has 90 valence electrons. The van der Waals surface area contributed by atoms with Crippen LogP contribution in [0.2, 0.25) is 19.6 Å². The van der Waals surface area contributed by atoms with Crippen LogP contribution in [0.4, 0.5) is 0 Å². The van der Waals surface area contributed by atoms with Crippen LogP contribution >= 0.6 is 7.60 Å². The summed E-state index contributed by atoms with van der Waals surface area (Å²) in [4.78, 5) is 17.6. The van der Waals surface area contributed by atoms with Crippen molar-refractivity contribution in [2.75, 3.05) is 13.3 Å². The van der Waals surface area contributed by atoms with Gasteiger partial charge in [0, 0.05) is 5.57 Å². The van der Waals surface area contributed by atoms with Gasteiger partial charge in [0.25, 0.3) is 5.95 Å². The van der Waals surface area contributed by atoms with Gasteiger partial charge in [-0.25, -0.2) is 0 Å². The van der Waals surface area contributed by atoms with Crippen LogP contribution < -0.4 is 0 Å². The largest absolute Gasteiger partial charge is 0.520 e. The zero-order valence-electron chi connectivity index (χ0n) is 9.77. The lowest BCUT2D eigenvalue weighted by molar-refractivity contribution is 0.142. The summed E-state index contributed by atoms with van der Waals surface area (Å²) in [7, 11) is -4.44. The van der Waals surface area contributed by atoms with Gasteiger partial charge in [0.2, 0.25) is 8.32 Å². The molecule has 0 fully saturated rings. The summed E-state index contributed by atoms with van der Waals surface area (Å²) in [5.74, 6) is 0.234. The minimum atomic E-state index is -4.06. The molecule has 0 amide bonds. The molecule has 0 heterocycles. The molecule has 0 aromatic rings. The molecule has 0 aliphatic rings. The fourth-order valence-electron chi connectivity index (χ4n) is 0.955. The van der Waals surface area contributed by atoms with Crippen molar-refractivity contribution in [3.05, 3.63) is 11.5 Å². The van der Waals surface area contributed by atoms with E-state index < -0.39 is 15.9 Å². The maximum Gasteiger partial charge on any atom is 0.329 e. The number of hydrogen-bond donors (Lipinski definition) is 2. The topological polar surface area (TPSA) is 76.0 Å². The molecule has 0 saturated heterocycles. The van der Waals surface area contributed by atoms with Gasteiger partial charge in [0.15, 0.2) is 0 Å². The third-order valence-electron chi connectivity index (χ3n) is 1.38. The van der Waals surface area contributed by atoms with E-state index in [0.29, 0.717) is 5.57 Å². The summed E-state index contributed by atoms with van der Waals surface area (Å²) < 4.78 is 21.3. The van der Waals surface area contributed by atoms with Crippen molar-refractivity contribution in [3.63, 3.8) is 0 Å². The normalized spacial score (nSPS) is 14.6. The minimum absolute atomic E-state index is 0.234. The van der Waals surface area contributed by atoms with E-state index in [4.69, 9.17) is 18.9 Å². The average Bonchev–Trinajstić information content (AvgIpc) is 1.94. The molecule has 0 aromatic heterocycles. The monoisotopic (exact) mass is 254 g/mol. The Balaban J connectivity index is 4.76. The Morgan fingerprint density at radius 1 is 1.33 bits per heavy atom. The summed E-state index contributed by atoms with van der Waals surface area (Å²) in [6.45, 7) is 7.50. The Morgan fingerprint density at radius 3 is 2.07 bits per heavy atom. The predicted molar refractivity (Wildman–Crippen MR) is 61.1 cm³/mol. The Labute approximate surface area is 91.4 Å². The molecule has 5 nitrogen and oxygen atoms in total. The fraction of sp³-hybridized carbons (Fsp3) is 0.750. The zero-order chi connectivity index (χ0) is 12.3. The van der Waals surface area contributed by atoms with Crippen molar-refractivity contribution >= 4 is 15.9 Å². The molecular formula is C8H19O5PSi. The van der Waals surface area contributed by atoms with Crippen LogP contribution in [0.25, 0.3) is 0 Å². The second kappa shape index (κ2) is 5.16. The summed E-state index contributed by atoms with van der Waals surface area (Å²) >= 11 is 0.